The van der Waals surface area contributed by atoms with E-state index in [1.807, 2.05) is 0 Å². The second kappa shape index (κ2) is 15.3. The Morgan fingerprint density at radius 2 is 0.864 bits per heavy atom. The van der Waals surface area contributed by atoms with Crippen LogP contribution >= 0.6 is 34.0 Å². The quantitative estimate of drug-likeness (QED) is 0.511. The van der Waals surface area contributed by atoms with E-state index in [-0.39, 0.29) is 34.0 Å². The number of nitrogens with zero attached hydrogens (tertiary/aromatic N) is 4. The van der Waals surface area contributed by atoms with Crippen molar-refractivity contribution in [1.29, 1.82) is 0 Å². The summed E-state index contributed by atoms with van der Waals surface area (Å²) in [6.07, 6.45) is 0. The summed E-state index contributed by atoms with van der Waals surface area (Å²) in [5.41, 5.74) is 0. The lowest BCUT2D eigenvalue weighted by Crippen LogP contribution is -2.50. The van der Waals surface area contributed by atoms with Gasteiger partial charge in [0.05, 0.1) is 0 Å². The number of hydrogen-bond donors (Lipinski definition) is 0. The number of halogens is 2. The molecule has 6 heteroatoms. The fraction of sp³-hybridized carbons (Fsp3) is 1.00. The van der Waals surface area contributed by atoms with Crippen LogP contribution in [0.25, 0.3) is 0 Å². The first kappa shape index (κ1) is 25.0. The van der Waals surface area contributed by atoms with Gasteiger partial charge in [-0.25, -0.2) is 0 Å². The minimum atomic E-state index is 0. The summed E-state index contributed by atoms with van der Waals surface area (Å²) < 4.78 is 0. The van der Waals surface area contributed by atoms with Gasteiger partial charge < -0.3 is 9.80 Å². The minimum Gasteiger partial charge on any atom is -0.303 e. The average Bonchev–Trinajstić information content (AvgIpc) is 2.50. The Labute approximate surface area is 159 Å². The van der Waals surface area contributed by atoms with E-state index in [1.54, 1.807) is 0 Å². The monoisotopic (exact) mass is 444 g/mol. The van der Waals surface area contributed by atoms with Gasteiger partial charge >= 0.3 is 0 Å². The second-order valence-corrected chi connectivity index (χ2v) is 5.74. The van der Waals surface area contributed by atoms with Gasteiger partial charge in [-0.05, 0) is 26.2 Å². The van der Waals surface area contributed by atoms with Gasteiger partial charge in [0.2, 0.25) is 0 Å². The summed E-state index contributed by atoms with van der Waals surface area (Å²) in [5.74, 6) is 0. The van der Waals surface area contributed by atoms with Crippen molar-refractivity contribution in [3.05, 3.63) is 0 Å². The lowest BCUT2D eigenvalue weighted by molar-refractivity contribution is 0.110. The van der Waals surface area contributed by atoms with E-state index < -0.39 is 0 Å². The lowest BCUT2D eigenvalue weighted by atomic mass is 10.3. The van der Waals surface area contributed by atoms with Crippen molar-refractivity contribution in [3.63, 3.8) is 0 Å². The first-order valence-corrected chi connectivity index (χ1v) is 8.62. The molecule has 4 nitrogen and oxygen atoms in total. The number of piperazine rings is 1. The Morgan fingerprint density at radius 3 is 1.09 bits per heavy atom. The van der Waals surface area contributed by atoms with Crippen LogP contribution in [0.1, 0.15) is 27.7 Å². The van der Waals surface area contributed by atoms with Crippen molar-refractivity contribution in [1.82, 2.24) is 19.6 Å². The number of rotatable bonds is 10. The van der Waals surface area contributed by atoms with Crippen LogP contribution in [-0.2, 0) is 0 Å². The van der Waals surface area contributed by atoms with Gasteiger partial charge in [-0.3, -0.25) is 9.80 Å². The Kier molecular flexibility index (Phi) is 17.5. The fourth-order valence-electron chi connectivity index (χ4n) is 2.88. The Balaban J connectivity index is 0. The molecule has 0 saturated carbocycles. The summed E-state index contributed by atoms with van der Waals surface area (Å²) in [4.78, 5) is 10.3. The highest BCUT2D eigenvalue weighted by Gasteiger charge is 2.17. The maximum atomic E-state index is 2.63. The second-order valence-electron chi connectivity index (χ2n) is 5.74. The van der Waals surface area contributed by atoms with Gasteiger partial charge in [0, 0.05) is 52.4 Å². The van der Waals surface area contributed by atoms with E-state index in [4.69, 9.17) is 0 Å². The third kappa shape index (κ3) is 9.83. The third-order valence-corrected chi connectivity index (χ3v) is 4.72. The third-order valence-electron chi connectivity index (χ3n) is 4.72. The fourth-order valence-corrected chi connectivity index (χ4v) is 2.88. The summed E-state index contributed by atoms with van der Waals surface area (Å²) in [6, 6.07) is 0. The Hall–Kier alpha value is 0.800. The SMILES string of the molecule is Br.Br.CCN(CC)CCN1CCN(CCN(CC)CC)CC1. The van der Waals surface area contributed by atoms with Crippen LogP contribution < -0.4 is 0 Å². The van der Waals surface area contributed by atoms with Crippen LogP contribution in [-0.4, -0.2) is 98.1 Å². The predicted molar refractivity (Wildman–Crippen MR) is 109 cm³/mol. The van der Waals surface area contributed by atoms with E-state index >= 15 is 0 Å². The average molecular weight is 446 g/mol. The molecule has 0 aromatic carbocycles. The van der Waals surface area contributed by atoms with Crippen LogP contribution in [0.5, 0.6) is 0 Å². The van der Waals surface area contributed by atoms with Crippen LogP contribution in [0.4, 0.5) is 0 Å². The zero-order valence-electron chi connectivity index (χ0n) is 15.1. The Morgan fingerprint density at radius 1 is 0.591 bits per heavy atom. The topological polar surface area (TPSA) is 13.0 Å². The molecule has 0 unspecified atom stereocenters. The standard InChI is InChI=1S/C16H36N4.2BrH/c1-5-17(6-2)9-11-19-13-15-20(16-14-19)12-10-18(7-3)8-4;;/h5-16H2,1-4H3;2*1H. The molecule has 1 rings (SSSR count). The maximum Gasteiger partial charge on any atom is 0.0110 e. The van der Waals surface area contributed by atoms with Crippen molar-refractivity contribution in [2.45, 2.75) is 27.7 Å². The zero-order valence-corrected chi connectivity index (χ0v) is 18.5. The van der Waals surface area contributed by atoms with Gasteiger partial charge in [0.15, 0.2) is 0 Å². The van der Waals surface area contributed by atoms with Crippen molar-refractivity contribution in [3.8, 4) is 0 Å². The largest absolute Gasteiger partial charge is 0.303 e. The molecule has 1 aliphatic heterocycles. The van der Waals surface area contributed by atoms with Crippen molar-refractivity contribution >= 4 is 34.0 Å². The molecule has 0 aliphatic carbocycles. The lowest BCUT2D eigenvalue weighted by Gasteiger charge is -2.36. The first-order chi connectivity index (χ1) is 9.73. The predicted octanol–water partition coefficient (Wildman–Crippen LogP) is 2.44. The molecule has 1 saturated heterocycles. The molecule has 0 radical (unpaired) electrons. The van der Waals surface area contributed by atoms with Crippen molar-refractivity contribution in [2.75, 3.05) is 78.5 Å². The highest BCUT2D eigenvalue weighted by atomic mass is 79.9. The summed E-state index contributed by atoms with van der Waals surface area (Å²) in [5, 5.41) is 0. The van der Waals surface area contributed by atoms with Crippen molar-refractivity contribution < 1.29 is 0 Å². The highest BCUT2D eigenvalue weighted by molar-refractivity contribution is 8.93. The van der Waals surface area contributed by atoms with Gasteiger partial charge in [-0.1, -0.05) is 27.7 Å². The zero-order chi connectivity index (χ0) is 14.8. The van der Waals surface area contributed by atoms with Gasteiger partial charge in [0.1, 0.15) is 0 Å². The van der Waals surface area contributed by atoms with Crippen LogP contribution in [0.2, 0.25) is 0 Å². The number of likely N-dealkylation sites (N-methyl/N-ethyl adjacent to an activating group) is 2. The molecule has 22 heavy (non-hydrogen) atoms. The minimum absolute atomic E-state index is 0. The van der Waals surface area contributed by atoms with E-state index in [9.17, 15) is 0 Å². The highest BCUT2D eigenvalue weighted by Crippen LogP contribution is 2.02. The van der Waals surface area contributed by atoms with Crippen LogP contribution in [0, 0.1) is 0 Å². The molecule has 1 aliphatic rings. The normalized spacial score (nSPS) is 16.6. The first-order valence-electron chi connectivity index (χ1n) is 8.62. The van der Waals surface area contributed by atoms with E-state index in [1.165, 1.54) is 78.5 Å². The number of hydrogen-bond acceptors (Lipinski definition) is 4. The summed E-state index contributed by atoms with van der Waals surface area (Å²) in [6.45, 7) is 23.7. The molecule has 1 fully saturated rings. The van der Waals surface area contributed by atoms with Crippen molar-refractivity contribution in [2.24, 2.45) is 0 Å². The molecular formula is C16H38Br2N4. The molecule has 0 atom stereocenters. The van der Waals surface area contributed by atoms with Gasteiger partial charge in [-0.2, -0.15) is 0 Å². The molecule has 1 heterocycles. The summed E-state index contributed by atoms with van der Waals surface area (Å²) in [7, 11) is 0. The van der Waals surface area contributed by atoms with E-state index in [2.05, 4.69) is 47.3 Å². The van der Waals surface area contributed by atoms with Crippen LogP contribution in [0.15, 0.2) is 0 Å². The smallest absolute Gasteiger partial charge is 0.0110 e. The molecular weight excluding hydrogens is 408 g/mol. The molecule has 0 amide bonds. The molecule has 0 aromatic heterocycles. The molecule has 0 N–H and O–H groups in total. The van der Waals surface area contributed by atoms with Gasteiger partial charge in [-0.15, -0.1) is 34.0 Å². The van der Waals surface area contributed by atoms with Crippen LogP contribution in [0.3, 0.4) is 0 Å². The Bertz CT molecular complexity index is 204. The van der Waals surface area contributed by atoms with Gasteiger partial charge in [0.25, 0.3) is 0 Å². The molecule has 0 spiro atoms. The molecule has 0 bridgehead atoms. The molecule has 0 aromatic rings. The van der Waals surface area contributed by atoms with E-state index in [0.717, 1.165) is 0 Å². The van der Waals surface area contributed by atoms with E-state index in [0.29, 0.717) is 0 Å². The summed E-state index contributed by atoms with van der Waals surface area (Å²) >= 11 is 0. The molecule has 136 valence electrons. The maximum absolute atomic E-state index is 2.63.